The Morgan fingerprint density at radius 2 is 1.86 bits per heavy atom. The molecule has 0 bridgehead atoms. The Kier molecular flexibility index (Phi) is 8.23. The molecule has 1 unspecified atom stereocenters. The van der Waals surface area contributed by atoms with Gasteiger partial charge in [0.2, 0.25) is 5.91 Å². The molecular formula is C23H36N2O4. The van der Waals surface area contributed by atoms with Crippen LogP contribution in [0.15, 0.2) is 30.3 Å². The summed E-state index contributed by atoms with van der Waals surface area (Å²) in [5.74, 6) is -1.03. The van der Waals surface area contributed by atoms with Gasteiger partial charge in [-0.3, -0.25) is 4.79 Å². The van der Waals surface area contributed by atoms with Gasteiger partial charge in [-0.2, -0.15) is 0 Å². The Morgan fingerprint density at radius 3 is 2.38 bits per heavy atom. The largest absolute Gasteiger partial charge is 0.458 e. The van der Waals surface area contributed by atoms with E-state index in [1.807, 2.05) is 58.0 Å². The number of hydrogen-bond acceptors (Lipinski definition) is 5. The van der Waals surface area contributed by atoms with Crippen molar-refractivity contribution in [3.63, 3.8) is 0 Å². The molecule has 5 atom stereocenters. The molecule has 1 aromatic rings. The van der Waals surface area contributed by atoms with Gasteiger partial charge in [0.05, 0.1) is 12.0 Å². The molecule has 1 heterocycles. The summed E-state index contributed by atoms with van der Waals surface area (Å²) in [6.07, 6.45) is 2.16. The normalized spacial score (nSPS) is 22.6. The van der Waals surface area contributed by atoms with Crippen LogP contribution in [0, 0.1) is 5.92 Å². The molecule has 2 N–H and O–H groups in total. The van der Waals surface area contributed by atoms with Crippen molar-refractivity contribution in [2.45, 2.75) is 83.7 Å². The van der Waals surface area contributed by atoms with E-state index in [1.54, 1.807) is 7.11 Å². The van der Waals surface area contributed by atoms with Crippen molar-refractivity contribution in [1.29, 1.82) is 0 Å². The van der Waals surface area contributed by atoms with Crippen molar-refractivity contribution in [3.8, 4) is 0 Å². The van der Waals surface area contributed by atoms with E-state index in [2.05, 4.69) is 17.6 Å². The van der Waals surface area contributed by atoms with E-state index in [0.717, 1.165) is 18.4 Å². The molecule has 1 amide bonds. The van der Waals surface area contributed by atoms with Gasteiger partial charge in [-0.1, -0.05) is 37.3 Å². The fraction of sp³-hybridized carbons (Fsp3) is 0.652. The highest BCUT2D eigenvalue weighted by Crippen LogP contribution is 2.22. The lowest BCUT2D eigenvalue weighted by atomic mass is 9.95. The second-order valence-corrected chi connectivity index (χ2v) is 9.02. The zero-order valence-electron chi connectivity index (χ0n) is 18.5. The van der Waals surface area contributed by atoms with Crippen molar-refractivity contribution < 1.29 is 19.1 Å². The second kappa shape index (κ2) is 10.2. The van der Waals surface area contributed by atoms with Crippen LogP contribution in [0.3, 0.4) is 0 Å². The van der Waals surface area contributed by atoms with Crippen molar-refractivity contribution >= 4 is 11.9 Å². The second-order valence-electron chi connectivity index (χ2n) is 9.02. The summed E-state index contributed by atoms with van der Waals surface area (Å²) in [5, 5.41) is 6.41. The molecule has 6 nitrogen and oxygen atoms in total. The van der Waals surface area contributed by atoms with Gasteiger partial charge in [-0.15, -0.1) is 0 Å². The highest BCUT2D eigenvalue weighted by atomic mass is 16.6. The summed E-state index contributed by atoms with van der Waals surface area (Å²) < 4.78 is 11.2. The SMILES string of the molecule is CO[C@@H]([C@@H]1CC[C@H](C)N1)[C@@H](C)C(=O)NC(Cc1ccccc1)C(=O)OC(C)(C)C. The van der Waals surface area contributed by atoms with Crippen LogP contribution in [0.5, 0.6) is 0 Å². The maximum atomic E-state index is 13.0. The van der Waals surface area contributed by atoms with Gasteiger partial charge in [-0.05, 0) is 46.1 Å². The number of hydrogen-bond donors (Lipinski definition) is 2. The van der Waals surface area contributed by atoms with Gasteiger partial charge in [-0.25, -0.2) is 4.79 Å². The molecule has 162 valence electrons. The van der Waals surface area contributed by atoms with Gasteiger partial charge in [0.15, 0.2) is 0 Å². The number of methoxy groups -OCH3 is 1. The van der Waals surface area contributed by atoms with Gasteiger partial charge in [0, 0.05) is 25.6 Å². The van der Waals surface area contributed by atoms with Gasteiger partial charge in [0.25, 0.3) is 0 Å². The van der Waals surface area contributed by atoms with E-state index >= 15 is 0 Å². The number of esters is 1. The number of nitrogens with one attached hydrogen (secondary N) is 2. The summed E-state index contributed by atoms with van der Waals surface area (Å²) in [5.41, 5.74) is 0.340. The zero-order valence-corrected chi connectivity index (χ0v) is 18.5. The Morgan fingerprint density at radius 1 is 1.21 bits per heavy atom. The van der Waals surface area contributed by atoms with E-state index in [1.165, 1.54) is 0 Å². The third-order valence-electron chi connectivity index (χ3n) is 5.27. The van der Waals surface area contributed by atoms with Gasteiger partial charge < -0.3 is 20.1 Å². The lowest BCUT2D eigenvalue weighted by molar-refractivity contribution is -0.159. The Hall–Kier alpha value is -1.92. The third kappa shape index (κ3) is 7.12. The molecule has 2 rings (SSSR count). The van der Waals surface area contributed by atoms with Crippen molar-refractivity contribution in [2.24, 2.45) is 5.92 Å². The molecule has 0 aliphatic carbocycles. The van der Waals surface area contributed by atoms with Crippen LogP contribution < -0.4 is 10.6 Å². The van der Waals surface area contributed by atoms with Crippen molar-refractivity contribution in [3.05, 3.63) is 35.9 Å². The first-order valence-corrected chi connectivity index (χ1v) is 10.5. The molecule has 29 heavy (non-hydrogen) atoms. The van der Waals surface area contributed by atoms with Crippen LogP contribution in [0.4, 0.5) is 0 Å². The summed E-state index contributed by atoms with van der Waals surface area (Å²) >= 11 is 0. The lowest BCUT2D eigenvalue weighted by Crippen LogP contribution is -2.52. The van der Waals surface area contributed by atoms with Crippen LogP contribution in [0.2, 0.25) is 0 Å². The number of amides is 1. The van der Waals surface area contributed by atoms with E-state index in [0.29, 0.717) is 12.5 Å². The van der Waals surface area contributed by atoms with Gasteiger partial charge in [0.1, 0.15) is 11.6 Å². The number of rotatable bonds is 8. The Balaban J connectivity index is 2.11. The minimum atomic E-state index is -0.750. The molecule has 1 aliphatic heterocycles. The molecule has 1 fully saturated rings. The van der Waals surface area contributed by atoms with E-state index in [9.17, 15) is 9.59 Å². The average Bonchev–Trinajstić information content (AvgIpc) is 3.07. The first-order chi connectivity index (χ1) is 13.6. The fourth-order valence-electron chi connectivity index (χ4n) is 3.81. The van der Waals surface area contributed by atoms with Crippen molar-refractivity contribution in [1.82, 2.24) is 10.6 Å². The van der Waals surface area contributed by atoms with E-state index < -0.39 is 23.5 Å². The number of carbonyl (C=O) groups excluding carboxylic acids is 2. The average molecular weight is 405 g/mol. The van der Waals surface area contributed by atoms with E-state index in [4.69, 9.17) is 9.47 Å². The summed E-state index contributed by atoms with van der Waals surface area (Å²) in [4.78, 5) is 25.8. The summed E-state index contributed by atoms with van der Waals surface area (Å²) in [6, 6.07) is 9.43. The first-order valence-electron chi connectivity index (χ1n) is 10.5. The molecule has 0 aromatic heterocycles. The molecule has 0 radical (unpaired) electrons. The maximum Gasteiger partial charge on any atom is 0.329 e. The third-order valence-corrected chi connectivity index (χ3v) is 5.27. The monoisotopic (exact) mass is 404 g/mol. The Bertz CT molecular complexity index is 671. The molecule has 0 saturated carbocycles. The number of benzene rings is 1. The van der Waals surface area contributed by atoms with Crippen LogP contribution in [-0.4, -0.2) is 48.8 Å². The quantitative estimate of drug-likeness (QED) is 0.652. The minimum absolute atomic E-state index is 0.129. The predicted molar refractivity (Wildman–Crippen MR) is 114 cm³/mol. The lowest BCUT2D eigenvalue weighted by Gasteiger charge is -2.30. The van der Waals surface area contributed by atoms with Crippen LogP contribution >= 0.6 is 0 Å². The first kappa shape index (κ1) is 23.4. The van der Waals surface area contributed by atoms with Crippen LogP contribution in [-0.2, 0) is 25.5 Å². The van der Waals surface area contributed by atoms with Crippen LogP contribution in [0.25, 0.3) is 0 Å². The molecule has 1 aliphatic rings. The maximum absolute atomic E-state index is 13.0. The standard InChI is InChI=1S/C23H36N2O4/c1-15-12-13-18(24-15)20(28-6)16(2)21(26)25-19(22(27)29-23(3,4)5)14-17-10-8-7-9-11-17/h7-11,15-16,18-20,24H,12-14H2,1-6H3,(H,25,26)/t15-,16+,18-,19?,20+/m0/s1. The van der Waals surface area contributed by atoms with Crippen molar-refractivity contribution in [2.75, 3.05) is 7.11 Å². The fourth-order valence-corrected chi connectivity index (χ4v) is 3.81. The molecule has 1 aromatic carbocycles. The zero-order chi connectivity index (χ0) is 21.6. The predicted octanol–water partition coefficient (Wildman–Crippen LogP) is 2.85. The highest BCUT2D eigenvalue weighted by Gasteiger charge is 2.36. The van der Waals surface area contributed by atoms with Crippen LogP contribution in [0.1, 0.15) is 53.0 Å². The van der Waals surface area contributed by atoms with E-state index in [-0.39, 0.29) is 18.1 Å². The molecule has 6 heteroatoms. The molecule has 1 saturated heterocycles. The smallest absolute Gasteiger partial charge is 0.329 e. The highest BCUT2D eigenvalue weighted by molar-refractivity contribution is 5.86. The molecule has 0 spiro atoms. The summed E-state index contributed by atoms with van der Waals surface area (Å²) in [7, 11) is 1.63. The van der Waals surface area contributed by atoms with Gasteiger partial charge >= 0.3 is 5.97 Å². The summed E-state index contributed by atoms with van der Waals surface area (Å²) in [6.45, 7) is 9.45. The topological polar surface area (TPSA) is 76.7 Å². The number of ether oxygens (including phenoxy) is 2. The number of carbonyl (C=O) groups is 2. The Labute approximate surface area is 174 Å². The minimum Gasteiger partial charge on any atom is -0.458 e. The molecular weight excluding hydrogens is 368 g/mol.